The van der Waals surface area contributed by atoms with E-state index in [1.807, 2.05) is 95.3 Å². The first kappa shape index (κ1) is 39.8. The van der Waals surface area contributed by atoms with Crippen molar-refractivity contribution in [1.82, 2.24) is 20.3 Å². The van der Waals surface area contributed by atoms with Crippen LogP contribution in [0, 0.1) is 11.3 Å². The van der Waals surface area contributed by atoms with E-state index in [1.54, 1.807) is 6.07 Å². The Bertz CT molecular complexity index is 1620. The highest BCUT2D eigenvalue weighted by Crippen LogP contribution is 2.35. The molecule has 3 aromatic rings. The molecule has 0 aliphatic carbocycles. The molecule has 4 rings (SSSR count). The topological polar surface area (TPSA) is 146 Å². The standard InChI is InChI=1S/C36H48N4O7S.ClH/c1-25(2)22-40(48(44,45)28-16-17-31-32(19-28)47-24-46-31)23-30(41)29(18-26-12-8-6-9-13-26)38-35(43)34(36(3,4)5)39-33(42)21-37-20-27-14-10-7-11-15-27;/h6-17,19,25,29-30,34,37,41H,18,20-24H2,1-5H3,(H,38,43)(H,39,42);1H/t29-,30+,34+;/m0./s1. The summed E-state index contributed by atoms with van der Waals surface area (Å²) in [4.78, 5) is 26.9. The van der Waals surface area contributed by atoms with Gasteiger partial charge in [0.05, 0.1) is 23.6 Å². The summed E-state index contributed by atoms with van der Waals surface area (Å²) in [5.41, 5.74) is 1.20. The highest BCUT2D eigenvalue weighted by Gasteiger charge is 2.37. The van der Waals surface area contributed by atoms with Gasteiger partial charge in [0.25, 0.3) is 0 Å². The number of carbonyl (C=O) groups excluding carboxylic acids is 2. The number of nitrogens with one attached hydrogen (secondary N) is 3. The summed E-state index contributed by atoms with van der Waals surface area (Å²) in [6.45, 7) is 9.69. The van der Waals surface area contributed by atoms with E-state index in [1.165, 1.54) is 16.4 Å². The number of aliphatic hydroxyl groups is 1. The number of sulfonamides is 1. The molecule has 1 heterocycles. The second kappa shape index (κ2) is 17.8. The van der Waals surface area contributed by atoms with Crippen molar-refractivity contribution in [1.29, 1.82) is 0 Å². The normalized spacial score (nSPS) is 14.5. The van der Waals surface area contributed by atoms with Crippen molar-refractivity contribution in [3.63, 3.8) is 0 Å². The summed E-state index contributed by atoms with van der Waals surface area (Å²) in [7, 11) is -4.07. The van der Waals surface area contributed by atoms with Crippen molar-refractivity contribution in [2.75, 3.05) is 26.4 Å². The van der Waals surface area contributed by atoms with Gasteiger partial charge in [0.15, 0.2) is 11.5 Å². The van der Waals surface area contributed by atoms with Gasteiger partial charge in [-0.25, -0.2) is 8.42 Å². The Balaban J connectivity index is 0.00000650. The van der Waals surface area contributed by atoms with Crippen LogP contribution in [0.4, 0.5) is 0 Å². The molecule has 0 saturated carbocycles. The predicted octanol–water partition coefficient (Wildman–Crippen LogP) is 3.89. The van der Waals surface area contributed by atoms with Gasteiger partial charge in [0.1, 0.15) is 6.04 Å². The second-order valence-corrected chi connectivity index (χ2v) is 15.5. The molecular weight excluding hydrogens is 668 g/mol. The van der Waals surface area contributed by atoms with Gasteiger partial charge in [-0.3, -0.25) is 9.59 Å². The first-order valence-electron chi connectivity index (χ1n) is 16.2. The van der Waals surface area contributed by atoms with Crippen LogP contribution >= 0.6 is 12.4 Å². The van der Waals surface area contributed by atoms with E-state index in [9.17, 15) is 23.1 Å². The average molecular weight is 717 g/mol. The van der Waals surface area contributed by atoms with Crippen molar-refractivity contribution in [2.24, 2.45) is 11.3 Å². The summed E-state index contributed by atoms with van der Waals surface area (Å²) < 4.78 is 39.8. The molecule has 3 aromatic carbocycles. The van der Waals surface area contributed by atoms with Crippen molar-refractivity contribution < 1.29 is 32.6 Å². The van der Waals surface area contributed by atoms with Gasteiger partial charge >= 0.3 is 0 Å². The SMILES string of the molecule is CC(C)CN(C[C@@H](O)[C@H](Cc1ccccc1)NC(=O)[C@@H](NC(=O)CNCc1ccccc1)C(C)(C)C)S(=O)(=O)c1ccc2c(c1)OCO2.Cl. The predicted molar refractivity (Wildman–Crippen MR) is 191 cm³/mol. The smallest absolute Gasteiger partial charge is 0.243 e. The fourth-order valence-electron chi connectivity index (χ4n) is 5.42. The zero-order valence-electron chi connectivity index (χ0n) is 28.7. The Labute approximate surface area is 296 Å². The number of hydrogen-bond acceptors (Lipinski definition) is 8. The van der Waals surface area contributed by atoms with Crippen molar-refractivity contribution in [2.45, 2.75) is 70.7 Å². The van der Waals surface area contributed by atoms with Crippen LogP contribution in [0.5, 0.6) is 11.5 Å². The van der Waals surface area contributed by atoms with Gasteiger partial charge < -0.3 is 30.5 Å². The molecule has 0 aromatic heterocycles. The number of rotatable bonds is 16. The largest absolute Gasteiger partial charge is 0.454 e. The van der Waals surface area contributed by atoms with Gasteiger partial charge in [0.2, 0.25) is 28.6 Å². The molecule has 1 aliphatic heterocycles. The minimum absolute atomic E-state index is 0. The minimum atomic E-state index is -4.07. The number of amides is 2. The molecule has 3 atom stereocenters. The van der Waals surface area contributed by atoms with Crippen LogP contribution < -0.4 is 25.4 Å². The lowest BCUT2D eigenvalue weighted by atomic mass is 9.85. The molecule has 0 radical (unpaired) electrons. The van der Waals surface area contributed by atoms with Crippen molar-refractivity contribution >= 4 is 34.2 Å². The average Bonchev–Trinajstić information content (AvgIpc) is 3.51. The number of carbonyl (C=O) groups is 2. The molecule has 0 bridgehead atoms. The summed E-state index contributed by atoms with van der Waals surface area (Å²) >= 11 is 0. The molecule has 4 N–H and O–H groups in total. The maximum atomic E-state index is 13.9. The van der Waals surface area contributed by atoms with Crippen LogP contribution in [0.2, 0.25) is 0 Å². The maximum absolute atomic E-state index is 13.9. The number of benzene rings is 3. The Hall–Kier alpha value is -3.68. The highest BCUT2D eigenvalue weighted by atomic mass is 35.5. The lowest BCUT2D eigenvalue weighted by molar-refractivity contribution is -0.132. The summed E-state index contributed by atoms with van der Waals surface area (Å²) in [6.07, 6.45) is -1.06. The van der Waals surface area contributed by atoms with Crippen molar-refractivity contribution in [3.05, 3.63) is 90.0 Å². The van der Waals surface area contributed by atoms with Crippen LogP contribution in [-0.2, 0) is 32.6 Å². The van der Waals surface area contributed by atoms with Crippen LogP contribution in [0.25, 0.3) is 0 Å². The van der Waals surface area contributed by atoms with Gasteiger partial charge in [-0.1, -0.05) is 95.3 Å². The Kier molecular flexibility index (Phi) is 14.5. The molecule has 2 amide bonds. The zero-order valence-corrected chi connectivity index (χ0v) is 30.4. The molecular formula is C36H49ClN4O7S. The quantitative estimate of drug-likeness (QED) is 0.175. The summed E-state index contributed by atoms with van der Waals surface area (Å²) in [5, 5.41) is 20.6. The number of hydrogen-bond donors (Lipinski definition) is 4. The molecule has 13 heteroatoms. The van der Waals surface area contributed by atoms with E-state index in [-0.39, 0.29) is 62.0 Å². The number of aliphatic hydroxyl groups excluding tert-OH is 1. The van der Waals surface area contributed by atoms with Gasteiger partial charge in [-0.05, 0) is 41.0 Å². The molecule has 268 valence electrons. The molecule has 0 spiro atoms. The van der Waals surface area contributed by atoms with Crippen LogP contribution in [0.1, 0.15) is 45.7 Å². The van der Waals surface area contributed by atoms with E-state index >= 15 is 0 Å². The molecule has 0 saturated heterocycles. The summed E-state index contributed by atoms with van der Waals surface area (Å²) in [6, 6.07) is 21.6. The minimum Gasteiger partial charge on any atom is -0.454 e. The van der Waals surface area contributed by atoms with E-state index < -0.39 is 39.5 Å². The third-order valence-electron chi connectivity index (χ3n) is 7.92. The van der Waals surface area contributed by atoms with Gasteiger partial charge in [0, 0.05) is 25.7 Å². The van der Waals surface area contributed by atoms with Crippen LogP contribution in [0.3, 0.4) is 0 Å². The molecule has 0 unspecified atom stereocenters. The first-order valence-corrected chi connectivity index (χ1v) is 17.6. The lowest BCUT2D eigenvalue weighted by Gasteiger charge is -2.34. The van der Waals surface area contributed by atoms with E-state index in [2.05, 4.69) is 16.0 Å². The molecule has 11 nitrogen and oxygen atoms in total. The van der Waals surface area contributed by atoms with E-state index in [0.29, 0.717) is 18.0 Å². The van der Waals surface area contributed by atoms with Crippen molar-refractivity contribution in [3.8, 4) is 11.5 Å². The first-order chi connectivity index (χ1) is 22.7. The fraction of sp³-hybridized carbons (Fsp3) is 0.444. The number of fused-ring (bicyclic) bond motifs is 1. The van der Waals surface area contributed by atoms with Gasteiger partial charge in [-0.2, -0.15) is 4.31 Å². The lowest BCUT2D eigenvalue weighted by Crippen LogP contribution is -2.59. The van der Waals surface area contributed by atoms with E-state index in [0.717, 1.165) is 11.1 Å². The monoisotopic (exact) mass is 716 g/mol. The zero-order chi connectivity index (χ0) is 34.9. The second-order valence-electron chi connectivity index (χ2n) is 13.6. The maximum Gasteiger partial charge on any atom is 0.243 e. The molecule has 1 aliphatic rings. The third-order valence-corrected chi connectivity index (χ3v) is 9.75. The van der Waals surface area contributed by atoms with Crippen LogP contribution in [0.15, 0.2) is 83.8 Å². The van der Waals surface area contributed by atoms with Gasteiger partial charge in [-0.15, -0.1) is 12.4 Å². The Morgan fingerprint density at radius 1 is 0.878 bits per heavy atom. The Morgan fingerprint density at radius 3 is 2.10 bits per heavy atom. The highest BCUT2D eigenvalue weighted by molar-refractivity contribution is 7.89. The third kappa shape index (κ3) is 11.4. The number of halogens is 1. The number of nitrogens with zero attached hydrogens (tertiary/aromatic N) is 1. The molecule has 49 heavy (non-hydrogen) atoms. The summed E-state index contributed by atoms with van der Waals surface area (Å²) in [5.74, 6) is -0.0884. The van der Waals surface area contributed by atoms with Crippen LogP contribution in [-0.4, -0.2) is 74.3 Å². The number of ether oxygens (including phenoxy) is 2. The Morgan fingerprint density at radius 2 is 1.49 bits per heavy atom. The van der Waals surface area contributed by atoms with E-state index in [4.69, 9.17) is 9.47 Å². The molecule has 0 fully saturated rings. The fourth-order valence-corrected chi connectivity index (χ4v) is 7.06.